The molecule has 6 nitrogen and oxygen atoms in total. The Morgan fingerprint density at radius 1 is 1.10 bits per heavy atom. The highest BCUT2D eigenvalue weighted by molar-refractivity contribution is 7.81. The number of fused-ring (bicyclic) bond motifs is 2. The van der Waals surface area contributed by atoms with Gasteiger partial charge in [0.2, 0.25) is 0 Å². The van der Waals surface area contributed by atoms with Crippen LogP contribution >= 0.6 is 11.6 Å². The first-order valence-corrected chi connectivity index (χ1v) is 10.2. The van der Waals surface area contributed by atoms with Gasteiger partial charge < -0.3 is 9.67 Å². The lowest BCUT2D eigenvalue weighted by atomic mass is 10.1. The van der Waals surface area contributed by atoms with Gasteiger partial charge in [0.25, 0.3) is 11.3 Å². The molecule has 0 radical (unpaired) electrons. The second-order valence-electron chi connectivity index (χ2n) is 6.63. The van der Waals surface area contributed by atoms with Crippen LogP contribution in [-0.4, -0.2) is 24.4 Å². The highest BCUT2D eigenvalue weighted by atomic mass is 35.5. The largest absolute Gasteiger partial charge is 0.480 e. The summed E-state index contributed by atoms with van der Waals surface area (Å²) in [5.41, 5.74) is 2.14. The Morgan fingerprint density at radius 2 is 1.83 bits per heavy atom. The lowest BCUT2D eigenvalue weighted by molar-refractivity contribution is -0.137. The molecule has 0 bridgehead atoms. The molecule has 29 heavy (non-hydrogen) atoms. The van der Waals surface area contributed by atoms with Crippen LogP contribution in [0.15, 0.2) is 60.7 Å². The molecule has 0 amide bonds. The van der Waals surface area contributed by atoms with Crippen LogP contribution in [-0.2, 0) is 22.6 Å². The molecular formula is C21H17ClN2O4S. The summed E-state index contributed by atoms with van der Waals surface area (Å²) in [6.07, 6.45) is 0. The van der Waals surface area contributed by atoms with E-state index in [1.165, 1.54) is 4.31 Å². The number of hydrogen-bond donors (Lipinski definition) is 2. The van der Waals surface area contributed by atoms with Crippen LogP contribution in [0, 0.1) is 6.92 Å². The standard InChI is InChI=1S/C21H17ClN2O4S/c1-13-21(18-11-16(22)7-9-19(18)23(13)12-20(25)26)24(29(27)28)17-8-6-14-4-2-3-5-15(14)10-17/h2-11H,12H2,1H3,(H,25,26)(H,27,28). The van der Waals surface area contributed by atoms with Gasteiger partial charge in [0, 0.05) is 16.1 Å². The van der Waals surface area contributed by atoms with E-state index in [1.807, 2.05) is 36.4 Å². The summed E-state index contributed by atoms with van der Waals surface area (Å²) in [4.78, 5) is 11.4. The monoisotopic (exact) mass is 428 g/mol. The van der Waals surface area contributed by atoms with E-state index >= 15 is 0 Å². The number of anilines is 2. The first-order chi connectivity index (χ1) is 13.9. The van der Waals surface area contributed by atoms with Crippen molar-refractivity contribution in [1.82, 2.24) is 4.57 Å². The molecule has 1 atom stereocenters. The van der Waals surface area contributed by atoms with Crippen LogP contribution in [0.3, 0.4) is 0 Å². The van der Waals surface area contributed by atoms with Crippen molar-refractivity contribution in [2.24, 2.45) is 0 Å². The van der Waals surface area contributed by atoms with Gasteiger partial charge in [-0.1, -0.05) is 41.9 Å². The Kier molecular flexibility index (Phi) is 5.04. The minimum Gasteiger partial charge on any atom is -0.480 e. The van der Waals surface area contributed by atoms with Crippen LogP contribution in [0.4, 0.5) is 11.4 Å². The Morgan fingerprint density at radius 3 is 2.52 bits per heavy atom. The lowest BCUT2D eigenvalue weighted by Gasteiger charge is -2.21. The van der Waals surface area contributed by atoms with Crippen molar-refractivity contribution in [2.75, 3.05) is 4.31 Å². The number of aliphatic carboxylic acids is 1. The SMILES string of the molecule is Cc1c(N(c2ccc3ccccc3c2)S(=O)O)c2cc(Cl)ccc2n1CC(=O)O. The fourth-order valence-corrected chi connectivity index (χ4v) is 4.49. The highest BCUT2D eigenvalue weighted by Gasteiger charge is 2.25. The maximum absolute atomic E-state index is 12.4. The molecule has 1 unspecified atom stereocenters. The van der Waals surface area contributed by atoms with Crippen molar-refractivity contribution in [3.05, 3.63) is 71.4 Å². The molecular weight excluding hydrogens is 412 g/mol. The van der Waals surface area contributed by atoms with Gasteiger partial charge in [-0.3, -0.25) is 9.35 Å². The number of nitrogens with zero attached hydrogens (tertiary/aromatic N) is 2. The van der Waals surface area contributed by atoms with Crippen molar-refractivity contribution in [3.63, 3.8) is 0 Å². The van der Waals surface area contributed by atoms with E-state index in [2.05, 4.69) is 0 Å². The number of carboxylic acids is 1. The average molecular weight is 429 g/mol. The maximum Gasteiger partial charge on any atom is 0.323 e. The lowest BCUT2D eigenvalue weighted by Crippen LogP contribution is -2.20. The van der Waals surface area contributed by atoms with Crippen LogP contribution < -0.4 is 4.31 Å². The van der Waals surface area contributed by atoms with E-state index < -0.39 is 17.2 Å². The van der Waals surface area contributed by atoms with Crippen molar-refractivity contribution >= 4 is 61.9 Å². The predicted molar refractivity (Wildman–Crippen MR) is 116 cm³/mol. The third-order valence-electron chi connectivity index (χ3n) is 4.87. The topological polar surface area (TPSA) is 82.8 Å². The molecule has 148 valence electrons. The Balaban J connectivity index is 2.00. The first-order valence-electron chi connectivity index (χ1n) is 8.77. The smallest absolute Gasteiger partial charge is 0.323 e. The zero-order chi connectivity index (χ0) is 20.7. The number of carboxylic acid groups (broad SMARTS) is 1. The molecule has 2 N–H and O–H groups in total. The van der Waals surface area contributed by atoms with Crippen molar-refractivity contribution in [3.8, 4) is 0 Å². The number of hydrogen-bond acceptors (Lipinski definition) is 2. The summed E-state index contributed by atoms with van der Waals surface area (Å²) in [7, 11) is 0. The van der Waals surface area contributed by atoms with Gasteiger partial charge in [-0.2, -0.15) is 0 Å². The van der Waals surface area contributed by atoms with Crippen molar-refractivity contribution < 1.29 is 18.7 Å². The Labute approximate surface area is 174 Å². The van der Waals surface area contributed by atoms with Crippen LogP contribution in [0.5, 0.6) is 0 Å². The summed E-state index contributed by atoms with van der Waals surface area (Å²) in [5, 5.41) is 12.3. The number of halogens is 1. The third kappa shape index (κ3) is 3.48. The molecule has 0 aliphatic carbocycles. The number of carbonyl (C=O) groups is 1. The number of benzene rings is 3. The molecule has 1 heterocycles. The molecule has 4 rings (SSSR count). The summed E-state index contributed by atoms with van der Waals surface area (Å²) >= 11 is 3.79. The highest BCUT2D eigenvalue weighted by Crippen LogP contribution is 2.40. The van der Waals surface area contributed by atoms with Gasteiger partial charge >= 0.3 is 5.97 Å². The molecule has 8 heteroatoms. The quantitative estimate of drug-likeness (QED) is 0.432. The van der Waals surface area contributed by atoms with E-state index in [9.17, 15) is 18.7 Å². The van der Waals surface area contributed by atoms with E-state index in [0.717, 1.165) is 10.8 Å². The molecule has 0 saturated carbocycles. The Bertz CT molecular complexity index is 1280. The molecule has 0 aliphatic heterocycles. The van der Waals surface area contributed by atoms with Gasteiger partial charge in [0.05, 0.1) is 16.9 Å². The van der Waals surface area contributed by atoms with Gasteiger partial charge in [0.15, 0.2) is 0 Å². The van der Waals surface area contributed by atoms with E-state index in [-0.39, 0.29) is 6.54 Å². The predicted octanol–water partition coefficient (Wildman–Crippen LogP) is 5.12. The van der Waals surface area contributed by atoms with Crippen LogP contribution in [0.2, 0.25) is 5.02 Å². The van der Waals surface area contributed by atoms with E-state index in [1.54, 1.807) is 35.8 Å². The van der Waals surface area contributed by atoms with Crippen molar-refractivity contribution in [2.45, 2.75) is 13.5 Å². The minimum absolute atomic E-state index is 0.270. The van der Waals surface area contributed by atoms with Gasteiger partial charge in [0.1, 0.15) is 6.54 Å². The molecule has 3 aromatic carbocycles. The van der Waals surface area contributed by atoms with Gasteiger partial charge in [-0.05, 0) is 48.0 Å². The normalized spacial score (nSPS) is 12.4. The third-order valence-corrected chi connectivity index (χ3v) is 5.81. The summed E-state index contributed by atoms with van der Waals surface area (Å²) in [6.45, 7) is 1.46. The molecule has 4 aromatic rings. The zero-order valence-electron chi connectivity index (χ0n) is 15.4. The Hall–Kier alpha value is -2.87. The second kappa shape index (κ2) is 7.51. The molecule has 0 aliphatic rings. The minimum atomic E-state index is -2.39. The molecule has 1 aromatic heterocycles. The summed E-state index contributed by atoms with van der Waals surface area (Å²) in [5.74, 6) is -1.01. The van der Waals surface area contributed by atoms with Crippen molar-refractivity contribution in [1.29, 1.82) is 0 Å². The average Bonchev–Trinajstić information content (AvgIpc) is 2.93. The zero-order valence-corrected chi connectivity index (χ0v) is 16.9. The van der Waals surface area contributed by atoms with Crippen LogP contribution in [0.25, 0.3) is 21.7 Å². The maximum atomic E-state index is 12.4. The molecule has 0 fully saturated rings. The van der Waals surface area contributed by atoms with E-state index in [4.69, 9.17) is 11.6 Å². The van der Waals surface area contributed by atoms with Crippen LogP contribution in [0.1, 0.15) is 5.69 Å². The first kappa shape index (κ1) is 19.4. The fraction of sp³-hybridized carbons (Fsp3) is 0.0952. The number of rotatable bonds is 5. The summed E-state index contributed by atoms with van der Waals surface area (Å²) < 4.78 is 25.5. The molecule has 0 spiro atoms. The number of aromatic nitrogens is 1. The fourth-order valence-electron chi connectivity index (χ4n) is 3.63. The van der Waals surface area contributed by atoms with Gasteiger partial charge in [-0.15, -0.1) is 0 Å². The van der Waals surface area contributed by atoms with E-state index in [0.29, 0.717) is 33.0 Å². The molecule has 0 saturated heterocycles. The summed E-state index contributed by atoms with van der Waals surface area (Å²) in [6, 6.07) is 18.2. The second-order valence-corrected chi connectivity index (χ2v) is 7.89. The van der Waals surface area contributed by atoms with Gasteiger partial charge in [-0.25, -0.2) is 8.51 Å².